The van der Waals surface area contributed by atoms with Crippen molar-refractivity contribution < 1.29 is 9.62 Å². The van der Waals surface area contributed by atoms with Crippen LogP contribution < -0.4 is 5.73 Å². The Morgan fingerprint density at radius 2 is 2.35 bits per heavy atom. The van der Waals surface area contributed by atoms with Gasteiger partial charge in [-0.3, -0.25) is 0 Å². The summed E-state index contributed by atoms with van der Waals surface area (Å²) in [5.74, 6) is -0.0714. The van der Waals surface area contributed by atoms with Gasteiger partial charge in [-0.25, -0.2) is 15.0 Å². The average Bonchev–Trinajstić information content (AvgIpc) is 2.74. The number of amidine groups is 1. The first kappa shape index (κ1) is 11.4. The van der Waals surface area contributed by atoms with E-state index >= 15 is 0 Å². The topological polar surface area (TPSA) is 110 Å². The van der Waals surface area contributed by atoms with Crippen LogP contribution in [0.1, 0.15) is 11.4 Å². The van der Waals surface area contributed by atoms with Crippen molar-refractivity contribution in [2.45, 2.75) is 17.3 Å². The van der Waals surface area contributed by atoms with Crippen molar-refractivity contribution in [3.05, 3.63) is 29.9 Å². The quantitative estimate of drug-likeness (QED) is 0.275. The molecule has 2 heterocycles. The van der Waals surface area contributed by atoms with E-state index in [4.69, 9.17) is 15.4 Å². The van der Waals surface area contributed by atoms with E-state index in [1.54, 1.807) is 6.07 Å². The van der Waals surface area contributed by atoms with Crippen LogP contribution in [0.4, 0.5) is 0 Å². The molecule has 0 spiro atoms. The highest BCUT2D eigenvalue weighted by atomic mass is 32.2. The van der Waals surface area contributed by atoms with Crippen LogP contribution in [-0.4, -0.2) is 26.0 Å². The van der Waals surface area contributed by atoms with Crippen LogP contribution >= 0.6 is 11.8 Å². The summed E-state index contributed by atoms with van der Waals surface area (Å²) in [6.45, 7) is 1.82. The van der Waals surface area contributed by atoms with Crippen LogP contribution in [-0.2, 0) is 0 Å². The van der Waals surface area contributed by atoms with Gasteiger partial charge >= 0.3 is 0 Å². The number of hydrogen-bond acceptors (Lipinski definition) is 7. The van der Waals surface area contributed by atoms with Crippen molar-refractivity contribution in [3.63, 3.8) is 0 Å². The number of rotatable bonds is 3. The lowest BCUT2D eigenvalue weighted by Crippen LogP contribution is -2.15. The van der Waals surface area contributed by atoms with E-state index < -0.39 is 0 Å². The van der Waals surface area contributed by atoms with Gasteiger partial charge in [0.05, 0.1) is 5.69 Å². The molecule has 0 fully saturated rings. The lowest BCUT2D eigenvalue weighted by atomic mass is 10.4. The summed E-state index contributed by atoms with van der Waals surface area (Å²) in [6, 6.07) is 1.54. The van der Waals surface area contributed by atoms with E-state index in [2.05, 4.69) is 20.1 Å². The molecule has 0 saturated carbocycles. The predicted octanol–water partition coefficient (Wildman–Crippen LogP) is 1.02. The molecule has 2 aromatic rings. The molecule has 0 amide bonds. The smallest absolute Gasteiger partial charge is 0.263 e. The van der Waals surface area contributed by atoms with Gasteiger partial charge in [0.1, 0.15) is 12.0 Å². The van der Waals surface area contributed by atoms with Crippen molar-refractivity contribution in [1.29, 1.82) is 0 Å². The zero-order chi connectivity index (χ0) is 12.3. The molecule has 0 atom stereocenters. The number of hydrogen-bond donors (Lipinski definition) is 2. The van der Waals surface area contributed by atoms with Crippen molar-refractivity contribution in [3.8, 4) is 0 Å². The highest BCUT2D eigenvalue weighted by Crippen LogP contribution is 2.23. The van der Waals surface area contributed by atoms with Gasteiger partial charge < -0.3 is 15.4 Å². The van der Waals surface area contributed by atoms with Crippen LogP contribution in [0.5, 0.6) is 0 Å². The third-order valence-corrected chi connectivity index (χ3v) is 2.52. The molecule has 8 heteroatoms. The molecular weight excluding hydrogens is 242 g/mol. The predicted molar refractivity (Wildman–Crippen MR) is 59.9 cm³/mol. The molecule has 0 unspecified atom stereocenters. The first-order chi connectivity index (χ1) is 8.19. The lowest BCUT2D eigenvalue weighted by Gasteiger charge is -1.99. The summed E-state index contributed by atoms with van der Waals surface area (Å²) in [4.78, 5) is 12.2. The molecule has 0 radical (unpaired) electrons. The maximum Gasteiger partial charge on any atom is 0.263 e. The number of aryl methyl sites for hydroxylation is 1. The third-order valence-electron chi connectivity index (χ3n) is 1.78. The summed E-state index contributed by atoms with van der Waals surface area (Å²) in [7, 11) is 0. The Morgan fingerprint density at radius 3 is 3.00 bits per heavy atom. The zero-order valence-electron chi connectivity index (χ0n) is 8.86. The van der Waals surface area contributed by atoms with Crippen LogP contribution in [0.3, 0.4) is 0 Å². The highest BCUT2D eigenvalue weighted by Gasteiger charge is 2.08. The van der Waals surface area contributed by atoms with E-state index in [1.165, 1.54) is 12.5 Å². The minimum absolute atomic E-state index is 0.0714. The van der Waals surface area contributed by atoms with Crippen molar-refractivity contribution in [1.82, 2.24) is 15.0 Å². The number of nitrogens with two attached hydrogens (primary N) is 1. The number of oxime groups is 1. The molecule has 0 bridgehead atoms. The monoisotopic (exact) mass is 251 g/mol. The molecule has 3 N–H and O–H groups in total. The second kappa shape index (κ2) is 4.83. The molecule has 0 aromatic carbocycles. The van der Waals surface area contributed by atoms with E-state index in [0.717, 1.165) is 17.5 Å². The van der Waals surface area contributed by atoms with E-state index in [1.807, 2.05) is 6.92 Å². The number of oxazole rings is 1. The van der Waals surface area contributed by atoms with Crippen molar-refractivity contribution in [2.75, 3.05) is 0 Å². The van der Waals surface area contributed by atoms with Gasteiger partial charge in [0.15, 0.2) is 11.0 Å². The fourth-order valence-electron chi connectivity index (χ4n) is 1.04. The van der Waals surface area contributed by atoms with Crippen LogP contribution in [0.15, 0.2) is 38.5 Å². The first-order valence-electron chi connectivity index (χ1n) is 4.60. The van der Waals surface area contributed by atoms with E-state index in [-0.39, 0.29) is 5.84 Å². The normalized spacial score (nSPS) is 11.7. The summed E-state index contributed by atoms with van der Waals surface area (Å²) >= 11 is 1.16. The summed E-state index contributed by atoms with van der Waals surface area (Å²) in [5.41, 5.74) is 6.54. The average molecular weight is 251 g/mol. The van der Waals surface area contributed by atoms with Crippen LogP contribution in [0.25, 0.3) is 0 Å². The standard InChI is InChI=1S/C9H9N5O2S/c1-5-4-16-9(12-5)17-8-11-3-2-6(13-8)7(10)14-15/h2-4,15H,1H3,(H2,10,14). The number of nitrogens with zero attached hydrogens (tertiary/aromatic N) is 4. The van der Waals surface area contributed by atoms with Gasteiger partial charge in [-0.05, 0) is 13.0 Å². The van der Waals surface area contributed by atoms with Crippen LogP contribution in [0, 0.1) is 6.92 Å². The Kier molecular flexibility index (Phi) is 3.24. The number of aromatic nitrogens is 3. The van der Waals surface area contributed by atoms with Gasteiger partial charge in [0.25, 0.3) is 5.22 Å². The Morgan fingerprint density at radius 1 is 1.53 bits per heavy atom. The maximum absolute atomic E-state index is 8.54. The lowest BCUT2D eigenvalue weighted by molar-refractivity contribution is 0.318. The third kappa shape index (κ3) is 2.72. The minimum Gasteiger partial charge on any atom is -0.439 e. The van der Waals surface area contributed by atoms with Gasteiger partial charge in [-0.1, -0.05) is 5.16 Å². The van der Waals surface area contributed by atoms with Crippen LogP contribution in [0.2, 0.25) is 0 Å². The Hall–Kier alpha value is -2.09. The largest absolute Gasteiger partial charge is 0.439 e. The van der Waals surface area contributed by atoms with Crippen molar-refractivity contribution in [2.24, 2.45) is 10.9 Å². The molecule has 0 saturated heterocycles. The second-order valence-corrected chi connectivity index (χ2v) is 3.99. The minimum atomic E-state index is -0.0714. The molecule has 2 aromatic heterocycles. The molecule has 0 aliphatic carbocycles. The fraction of sp³-hybridized carbons (Fsp3) is 0.111. The fourth-order valence-corrected chi connectivity index (χ4v) is 1.74. The van der Waals surface area contributed by atoms with Gasteiger partial charge in [-0.2, -0.15) is 0 Å². The molecule has 0 aliphatic rings. The Balaban J connectivity index is 2.22. The highest BCUT2D eigenvalue weighted by molar-refractivity contribution is 7.98. The summed E-state index contributed by atoms with van der Waals surface area (Å²) < 4.78 is 5.16. The molecule has 7 nitrogen and oxygen atoms in total. The summed E-state index contributed by atoms with van der Waals surface area (Å²) in [6.07, 6.45) is 3.05. The Labute approximate surface area is 101 Å². The van der Waals surface area contributed by atoms with Gasteiger partial charge in [0.2, 0.25) is 0 Å². The van der Waals surface area contributed by atoms with Gasteiger partial charge in [-0.15, -0.1) is 0 Å². The second-order valence-electron chi connectivity index (χ2n) is 3.07. The maximum atomic E-state index is 8.54. The summed E-state index contributed by atoms with van der Waals surface area (Å²) in [5, 5.41) is 12.3. The zero-order valence-corrected chi connectivity index (χ0v) is 9.68. The SMILES string of the molecule is Cc1coc(Sc2nccc(/C(N)=N/O)n2)n1. The van der Waals surface area contributed by atoms with Crippen molar-refractivity contribution >= 4 is 17.6 Å². The van der Waals surface area contributed by atoms with E-state index in [0.29, 0.717) is 16.1 Å². The first-order valence-corrected chi connectivity index (χ1v) is 5.41. The molecule has 0 aliphatic heterocycles. The Bertz CT molecular complexity index is 554. The van der Waals surface area contributed by atoms with E-state index in [9.17, 15) is 0 Å². The molecular formula is C9H9N5O2S. The molecule has 2 rings (SSSR count). The molecule has 17 heavy (non-hydrogen) atoms. The van der Waals surface area contributed by atoms with Gasteiger partial charge in [0, 0.05) is 18.0 Å². The molecule has 88 valence electrons.